The van der Waals surface area contributed by atoms with Gasteiger partial charge in [-0.05, 0) is 31.9 Å². The minimum Gasteiger partial charge on any atom is -0.439 e. The predicted molar refractivity (Wildman–Crippen MR) is 78.1 cm³/mol. The van der Waals surface area contributed by atoms with Crippen LogP contribution in [0, 0.1) is 20.8 Å². The Bertz CT molecular complexity index is 547. The lowest BCUT2D eigenvalue weighted by Gasteiger charge is -2.08. The highest BCUT2D eigenvalue weighted by molar-refractivity contribution is 5.66. The summed E-state index contributed by atoms with van der Waals surface area (Å²) in [4.78, 5) is 4.34. The molecule has 0 aliphatic rings. The van der Waals surface area contributed by atoms with E-state index in [0.29, 0.717) is 12.6 Å². The number of benzene rings is 1. The summed E-state index contributed by atoms with van der Waals surface area (Å²) in [6.07, 6.45) is 1.82. The highest BCUT2D eigenvalue weighted by Crippen LogP contribution is 2.28. The van der Waals surface area contributed by atoms with E-state index in [1.54, 1.807) is 0 Å². The van der Waals surface area contributed by atoms with Crippen LogP contribution in [-0.4, -0.2) is 11.0 Å². The Kier molecular flexibility index (Phi) is 4.05. The third-order valence-corrected chi connectivity index (χ3v) is 3.14. The van der Waals surface area contributed by atoms with Crippen molar-refractivity contribution in [1.29, 1.82) is 0 Å². The van der Waals surface area contributed by atoms with E-state index in [0.717, 1.165) is 17.2 Å². The van der Waals surface area contributed by atoms with E-state index in [-0.39, 0.29) is 0 Å². The molecule has 0 bridgehead atoms. The van der Waals surface area contributed by atoms with E-state index >= 15 is 0 Å². The number of aromatic nitrogens is 1. The van der Waals surface area contributed by atoms with E-state index < -0.39 is 0 Å². The van der Waals surface area contributed by atoms with Gasteiger partial charge in [0.1, 0.15) is 0 Å². The highest BCUT2D eigenvalue weighted by atomic mass is 16.4. The van der Waals surface area contributed by atoms with Crippen LogP contribution in [0.5, 0.6) is 0 Å². The van der Waals surface area contributed by atoms with Gasteiger partial charge in [-0.3, -0.25) is 0 Å². The van der Waals surface area contributed by atoms with Crippen molar-refractivity contribution in [2.24, 2.45) is 0 Å². The monoisotopic (exact) mass is 258 g/mol. The molecule has 1 aromatic heterocycles. The zero-order valence-electron chi connectivity index (χ0n) is 12.4. The first kappa shape index (κ1) is 13.8. The topological polar surface area (TPSA) is 38.1 Å². The maximum Gasteiger partial charge on any atom is 0.208 e. The molecule has 0 saturated heterocycles. The molecule has 102 valence electrons. The standard InChI is InChI=1S/C16H22N2O/c1-10(2)17-9-15-18-8-14(19-15)16-12(4)6-11(3)7-13(16)5/h6-8,10,17H,9H2,1-5H3. The maximum atomic E-state index is 5.85. The Hall–Kier alpha value is -1.61. The number of nitrogens with zero attached hydrogens (tertiary/aromatic N) is 1. The van der Waals surface area contributed by atoms with Crippen LogP contribution in [0.15, 0.2) is 22.7 Å². The van der Waals surface area contributed by atoms with Gasteiger partial charge in [0.05, 0.1) is 12.7 Å². The van der Waals surface area contributed by atoms with Crippen molar-refractivity contribution in [3.8, 4) is 11.3 Å². The Morgan fingerprint density at radius 2 is 1.79 bits per heavy atom. The summed E-state index contributed by atoms with van der Waals surface area (Å²) < 4.78 is 5.85. The smallest absolute Gasteiger partial charge is 0.208 e. The molecule has 0 aliphatic carbocycles. The van der Waals surface area contributed by atoms with Gasteiger partial charge in [-0.15, -0.1) is 0 Å². The molecule has 2 aromatic rings. The summed E-state index contributed by atoms with van der Waals surface area (Å²) >= 11 is 0. The van der Waals surface area contributed by atoms with E-state index in [4.69, 9.17) is 4.42 Å². The molecule has 3 heteroatoms. The zero-order chi connectivity index (χ0) is 14.0. The van der Waals surface area contributed by atoms with Gasteiger partial charge in [0.15, 0.2) is 5.76 Å². The van der Waals surface area contributed by atoms with Gasteiger partial charge in [-0.25, -0.2) is 4.98 Å². The zero-order valence-corrected chi connectivity index (χ0v) is 12.4. The molecular formula is C16H22N2O. The lowest BCUT2D eigenvalue weighted by Crippen LogP contribution is -2.21. The minimum absolute atomic E-state index is 0.429. The molecular weight excluding hydrogens is 236 g/mol. The van der Waals surface area contributed by atoms with Crippen molar-refractivity contribution in [2.45, 2.75) is 47.2 Å². The quantitative estimate of drug-likeness (QED) is 0.907. The van der Waals surface area contributed by atoms with Crippen LogP contribution in [0.2, 0.25) is 0 Å². The summed E-state index contributed by atoms with van der Waals surface area (Å²) in [5.74, 6) is 1.60. The number of nitrogens with one attached hydrogen (secondary N) is 1. The molecule has 0 fully saturated rings. The molecule has 1 N–H and O–H groups in total. The van der Waals surface area contributed by atoms with Gasteiger partial charge < -0.3 is 9.73 Å². The molecule has 1 heterocycles. The van der Waals surface area contributed by atoms with Crippen molar-refractivity contribution >= 4 is 0 Å². The fraction of sp³-hybridized carbons (Fsp3) is 0.438. The molecule has 2 rings (SSSR count). The lowest BCUT2D eigenvalue weighted by atomic mass is 9.98. The van der Waals surface area contributed by atoms with E-state index in [1.165, 1.54) is 16.7 Å². The largest absolute Gasteiger partial charge is 0.439 e. The molecule has 19 heavy (non-hydrogen) atoms. The summed E-state index contributed by atoms with van der Waals surface area (Å²) in [5.41, 5.74) is 4.91. The van der Waals surface area contributed by atoms with Gasteiger partial charge in [-0.1, -0.05) is 31.5 Å². The number of hydrogen-bond acceptors (Lipinski definition) is 3. The van der Waals surface area contributed by atoms with E-state index in [1.807, 2.05) is 6.20 Å². The van der Waals surface area contributed by atoms with Gasteiger partial charge in [0.25, 0.3) is 0 Å². The average molecular weight is 258 g/mol. The minimum atomic E-state index is 0.429. The maximum absolute atomic E-state index is 5.85. The second kappa shape index (κ2) is 5.57. The molecule has 3 nitrogen and oxygen atoms in total. The highest BCUT2D eigenvalue weighted by Gasteiger charge is 2.12. The number of oxazole rings is 1. The molecule has 0 aliphatic heterocycles. The Balaban J connectivity index is 2.28. The molecule has 0 saturated carbocycles. The van der Waals surface area contributed by atoms with Crippen LogP contribution >= 0.6 is 0 Å². The molecule has 0 amide bonds. The molecule has 0 radical (unpaired) electrons. The summed E-state index contributed by atoms with van der Waals surface area (Å²) in [6.45, 7) is 11.2. The molecule has 0 atom stereocenters. The summed E-state index contributed by atoms with van der Waals surface area (Å²) in [6, 6.07) is 4.78. The first-order valence-corrected chi connectivity index (χ1v) is 6.73. The fourth-order valence-corrected chi connectivity index (χ4v) is 2.37. The van der Waals surface area contributed by atoms with Crippen LogP contribution in [-0.2, 0) is 6.54 Å². The Morgan fingerprint density at radius 3 is 2.37 bits per heavy atom. The SMILES string of the molecule is Cc1cc(C)c(-c2cnc(CNC(C)C)o2)c(C)c1. The van der Waals surface area contributed by atoms with E-state index in [9.17, 15) is 0 Å². The lowest BCUT2D eigenvalue weighted by molar-refractivity contribution is 0.458. The van der Waals surface area contributed by atoms with Crippen molar-refractivity contribution in [3.05, 3.63) is 40.9 Å². The van der Waals surface area contributed by atoms with Crippen LogP contribution in [0.25, 0.3) is 11.3 Å². The van der Waals surface area contributed by atoms with Crippen molar-refractivity contribution in [3.63, 3.8) is 0 Å². The van der Waals surface area contributed by atoms with Gasteiger partial charge >= 0.3 is 0 Å². The van der Waals surface area contributed by atoms with Crippen molar-refractivity contribution in [1.82, 2.24) is 10.3 Å². The number of hydrogen-bond donors (Lipinski definition) is 1. The second-order valence-corrected chi connectivity index (χ2v) is 5.43. The number of rotatable bonds is 4. The van der Waals surface area contributed by atoms with Crippen LogP contribution in [0.3, 0.4) is 0 Å². The molecule has 0 spiro atoms. The van der Waals surface area contributed by atoms with Crippen LogP contribution in [0.1, 0.15) is 36.4 Å². The second-order valence-electron chi connectivity index (χ2n) is 5.43. The molecule has 1 aromatic carbocycles. The van der Waals surface area contributed by atoms with Gasteiger partial charge in [-0.2, -0.15) is 0 Å². The van der Waals surface area contributed by atoms with Gasteiger partial charge in [0.2, 0.25) is 5.89 Å². The Morgan fingerprint density at radius 1 is 1.16 bits per heavy atom. The molecule has 0 unspecified atom stereocenters. The average Bonchev–Trinajstić information content (AvgIpc) is 2.73. The third kappa shape index (κ3) is 3.24. The third-order valence-electron chi connectivity index (χ3n) is 3.14. The Labute approximate surface area is 115 Å². The van der Waals surface area contributed by atoms with Gasteiger partial charge in [0, 0.05) is 11.6 Å². The summed E-state index contributed by atoms with van der Waals surface area (Å²) in [7, 11) is 0. The fourth-order valence-electron chi connectivity index (χ4n) is 2.37. The van der Waals surface area contributed by atoms with Crippen LogP contribution in [0.4, 0.5) is 0 Å². The first-order chi connectivity index (χ1) is 8.97. The van der Waals surface area contributed by atoms with E-state index in [2.05, 4.69) is 57.1 Å². The first-order valence-electron chi connectivity index (χ1n) is 6.73. The van der Waals surface area contributed by atoms with Crippen LogP contribution < -0.4 is 5.32 Å². The normalized spacial score (nSPS) is 11.3. The van der Waals surface area contributed by atoms with Crippen molar-refractivity contribution in [2.75, 3.05) is 0 Å². The summed E-state index contributed by atoms with van der Waals surface area (Å²) in [5, 5.41) is 3.31. The number of aryl methyl sites for hydroxylation is 3. The predicted octanol–water partition coefficient (Wildman–Crippen LogP) is 3.76. The van der Waals surface area contributed by atoms with Crippen molar-refractivity contribution < 1.29 is 4.42 Å².